The van der Waals surface area contributed by atoms with E-state index >= 15 is 0 Å². The highest BCUT2D eigenvalue weighted by Gasteiger charge is 2.68. The highest BCUT2D eigenvalue weighted by molar-refractivity contribution is 6.03. The molecule has 0 bridgehead atoms. The second-order valence-corrected chi connectivity index (χ2v) is 9.57. The lowest BCUT2D eigenvalue weighted by Gasteiger charge is -2.41. The molecule has 0 radical (unpaired) electrons. The average Bonchev–Trinajstić information content (AvgIpc) is 3.41. The summed E-state index contributed by atoms with van der Waals surface area (Å²) in [7, 11) is 2.56. The fraction of sp³-hybridized carbons (Fsp3) is 0.370. The van der Waals surface area contributed by atoms with Crippen molar-refractivity contribution in [3.63, 3.8) is 0 Å². The lowest BCUT2D eigenvalue weighted by Crippen LogP contribution is -2.49. The highest BCUT2D eigenvalue weighted by atomic mass is 19.4. The van der Waals surface area contributed by atoms with E-state index in [0.717, 1.165) is 0 Å². The van der Waals surface area contributed by atoms with Crippen molar-refractivity contribution in [3.05, 3.63) is 58.8 Å². The first kappa shape index (κ1) is 28.3. The summed E-state index contributed by atoms with van der Waals surface area (Å²) in [5.74, 6) is -5.68. The Morgan fingerprint density at radius 3 is 2.10 bits per heavy atom. The topological polar surface area (TPSA) is 85.4 Å². The van der Waals surface area contributed by atoms with Crippen LogP contribution < -0.4 is 14.4 Å². The Kier molecular flexibility index (Phi) is 6.50. The van der Waals surface area contributed by atoms with Crippen LogP contribution in [0.15, 0.2) is 42.1 Å². The van der Waals surface area contributed by atoms with E-state index in [4.69, 9.17) is 14.2 Å². The number of hydrogen-bond acceptors (Lipinski definition) is 6. The van der Waals surface area contributed by atoms with Crippen LogP contribution in [0.1, 0.15) is 36.1 Å². The first-order valence-electron chi connectivity index (χ1n) is 12.3. The third-order valence-corrected chi connectivity index (χ3v) is 7.57. The number of methoxy groups -OCH3 is 2. The molecule has 1 unspecified atom stereocenters. The van der Waals surface area contributed by atoms with Gasteiger partial charge >= 0.3 is 30.1 Å². The molecule has 0 saturated carbocycles. The van der Waals surface area contributed by atoms with Gasteiger partial charge in [-0.3, -0.25) is 19.4 Å². The maximum Gasteiger partial charge on any atom is 0.471 e. The molecular formula is C27H22F6N2O6. The van der Waals surface area contributed by atoms with Crippen molar-refractivity contribution in [2.24, 2.45) is 0 Å². The summed E-state index contributed by atoms with van der Waals surface area (Å²) in [6.45, 7) is 1.18. The molecule has 3 aliphatic rings. The summed E-state index contributed by atoms with van der Waals surface area (Å²) in [4.78, 5) is 39.7. The van der Waals surface area contributed by atoms with Gasteiger partial charge in [0.2, 0.25) is 0 Å². The monoisotopic (exact) mass is 584 g/mol. The minimum Gasteiger partial charge on any atom is -0.493 e. The fourth-order valence-corrected chi connectivity index (χ4v) is 6.15. The summed E-state index contributed by atoms with van der Waals surface area (Å²) in [6, 6.07) is 4.60. The molecule has 2 aromatic rings. The molecule has 1 aliphatic carbocycles. The smallest absolute Gasteiger partial charge is 0.471 e. The molecule has 0 N–H and O–H groups in total. The van der Waals surface area contributed by atoms with Gasteiger partial charge in [0, 0.05) is 11.4 Å². The van der Waals surface area contributed by atoms with E-state index in [-0.39, 0.29) is 45.4 Å². The Hall–Kier alpha value is -4.23. The van der Waals surface area contributed by atoms with E-state index in [1.807, 2.05) is 0 Å². The second-order valence-electron chi connectivity index (χ2n) is 9.57. The molecule has 8 nitrogen and oxygen atoms in total. The van der Waals surface area contributed by atoms with Gasteiger partial charge in [0.1, 0.15) is 6.04 Å². The van der Waals surface area contributed by atoms with Crippen molar-refractivity contribution >= 4 is 29.5 Å². The minimum absolute atomic E-state index is 0.0426. The summed E-state index contributed by atoms with van der Waals surface area (Å²) >= 11 is 0. The molecule has 5 rings (SSSR count). The number of esters is 1. The molecule has 14 heteroatoms. The molecule has 2 amide bonds. The summed E-state index contributed by atoms with van der Waals surface area (Å²) < 4.78 is 99.7. The van der Waals surface area contributed by atoms with Crippen molar-refractivity contribution < 1.29 is 54.9 Å². The number of ether oxygens (including phenoxy) is 3. The summed E-state index contributed by atoms with van der Waals surface area (Å²) in [5, 5.41) is 0. The lowest BCUT2D eigenvalue weighted by molar-refractivity contribution is -0.186. The molecule has 2 heterocycles. The van der Waals surface area contributed by atoms with Gasteiger partial charge in [0.05, 0.1) is 32.3 Å². The third-order valence-electron chi connectivity index (χ3n) is 7.57. The van der Waals surface area contributed by atoms with Gasteiger partial charge in [-0.25, -0.2) is 4.79 Å². The van der Waals surface area contributed by atoms with Gasteiger partial charge in [-0.05, 0) is 54.3 Å². The molecule has 1 spiro atoms. The summed E-state index contributed by atoms with van der Waals surface area (Å²) in [5.41, 5.74) is -2.30. The zero-order chi connectivity index (χ0) is 30.1. The fourth-order valence-electron chi connectivity index (χ4n) is 6.15. The van der Waals surface area contributed by atoms with Crippen LogP contribution in [0.4, 0.5) is 32.0 Å². The van der Waals surface area contributed by atoms with E-state index in [2.05, 4.69) is 0 Å². The molecular weight excluding hydrogens is 562 g/mol. The van der Waals surface area contributed by atoms with Crippen LogP contribution >= 0.6 is 0 Å². The number of carbonyl (C=O) groups is 3. The van der Waals surface area contributed by atoms with E-state index in [9.17, 15) is 40.7 Å². The number of halogens is 6. The molecule has 218 valence electrons. The van der Waals surface area contributed by atoms with Gasteiger partial charge in [-0.1, -0.05) is 18.2 Å². The van der Waals surface area contributed by atoms with Crippen molar-refractivity contribution in [2.75, 3.05) is 25.7 Å². The van der Waals surface area contributed by atoms with Crippen molar-refractivity contribution in [2.45, 2.75) is 43.2 Å². The Balaban J connectivity index is 1.89. The Morgan fingerprint density at radius 2 is 1.51 bits per heavy atom. The van der Waals surface area contributed by atoms with Gasteiger partial charge < -0.3 is 14.2 Å². The number of fused-ring (bicyclic) bond motifs is 3. The van der Waals surface area contributed by atoms with Crippen LogP contribution in [-0.2, 0) is 24.5 Å². The molecule has 1 fully saturated rings. The number of amides is 2. The van der Waals surface area contributed by atoms with E-state index in [1.54, 1.807) is 0 Å². The number of benzene rings is 2. The SMILES string of the molecule is CCOC(=O)C1C[C@@]23C(=Cc4cc(OC)c(OC)cc4[C@@H]2N(C(=O)C(F)(F)F)c2ccccc23)N1C(=O)C(F)(F)F. The van der Waals surface area contributed by atoms with Gasteiger partial charge in [0.25, 0.3) is 0 Å². The predicted octanol–water partition coefficient (Wildman–Crippen LogP) is 4.67. The standard InChI is InChI=1S/C27H22F6N2O6/c1-4-41-22(36)17-12-25-15-7-5-6-8-16(15)35(24(38)27(31,32)33)21(25)14-11-19(40-3)18(39-2)9-13(14)10-20(25)34(17)23(37)26(28,29)30/h5-11,17,21H,4,12H2,1-3H3/t17?,21-,25+/m0/s1. The van der Waals surface area contributed by atoms with Gasteiger partial charge in [-0.15, -0.1) is 0 Å². The second kappa shape index (κ2) is 9.42. The largest absolute Gasteiger partial charge is 0.493 e. The normalized spacial score (nSPS) is 22.7. The maximum atomic E-state index is 14.1. The van der Waals surface area contributed by atoms with E-state index in [0.29, 0.717) is 4.90 Å². The van der Waals surface area contributed by atoms with Crippen molar-refractivity contribution in [1.29, 1.82) is 0 Å². The molecule has 2 aliphatic heterocycles. The number of rotatable bonds is 4. The Morgan fingerprint density at radius 1 is 0.927 bits per heavy atom. The summed E-state index contributed by atoms with van der Waals surface area (Å²) in [6.07, 6.45) is -10.2. The number of carbonyl (C=O) groups excluding carboxylic acids is 3. The highest BCUT2D eigenvalue weighted by Crippen LogP contribution is 2.66. The third kappa shape index (κ3) is 4.02. The molecule has 1 saturated heterocycles. The number of anilines is 1. The van der Waals surface area contributed by atoms with Gasteiger partial charge in [-0.2, -0.15) is 26.3 Å². The van der Waals surface area contributed by atoms with Crippen LogP contribution in [-0.4, -0.2) is 61.9 Å². The number of nitrogens with zero attached hydrogens (tertiary/aromatic N) is 2. The van der Waals surface area contributed by atoms with Crippen LogP contribution in [0.5, 0.6) is 11.5 Å². The molecule has 2 aromatic carbocycles. The van der Waals surface area contributed by atoms with Crippen LogP contribution in [0.3, 0.4) is 0 Å². The first-order chi connectivity index (χ1) is 19.2. The minimum atomic E-state index is -5.45. The number of alkyl halides is 6. The van der Waals surface area contributed by atoms with Crippen LogP contribution in [0.2, 0.25) is 0 Å². The maximum absolute atomic E-state index is 14.1. The number of hydrogen-bond donors (Lipinski definition) is 0. The zero-order valence-electron chi connectivity index (χ0n) is 21.7. The van der Waals surface area contributed by atoms with Crippen LogP contribution in [0.25, 0.3) is 6.08 Å². The van der Waals surface area contributed by atoms with E-state index < -0.39 is 59.8 Å². The number of likely N-dealkylation sites (tertiary alicyclic amines) is 1. The predicted molar refractivity (Wildman–Crippen MR) is 130 cm³/mol. The first-order valence-corrected chi connectivity index (χ1v) is 12.3. The molecule has 0 aromatic heterocycles. The quantitative estimate of drug-likeness (QED) is 0.384. The van der Waals surface area contributed by atoms with Crippen molar-refractivity contribution in [3.8, 4) is 11.5 Å². The number of para-hydroxylation sites is 1. The molecule has 3 atom stereocenters. The Labute approximate surface area is 229 Å². The van der Waals surface area contributed by atoms with E-state index in [1.165, 1.54) is 63.6 Å². The van der Waals surface area contributed by atoms with Crippen LogP contribution in [0, 0.1) is 0 Å². The Bertz CT molecular complexity index is 1490. The lowest BCUT2D eigenvalue weighted by atomic mass is 9.66. The molecule has 41 heavy (non-hydrogen) atoms. The van der Waals surface area contributed by atoms with Crippen molar-refractivity contribution in [1.82, 2.24) is 4.90 Å². The van der Waals surface area contributed by atoms with Gasteiger partial charge in [0.15, 0.2) is 11.5 Å². The zero-order valence-corrected chi connectivity index (χ0v) is 21.7. The average molecular weight is 584 g/mol.